The SMILES string of the molecule is CCC(C)(C)C1CCC2(CC1)NC(=O)N(CC(=O)OC(C)C(=O)Nc1cccc(Cl)c1)C2=O. The van der Waals surface area contributed by atoms with Gasteiger partial charge in [-0.1, -0.05) is 44.9 Å². The van der Waals surface area contributed by atoms with E-state index in [2.05, 4.69) is 31.4 Å². The first-order chi connectivity index (χ1) is 15.5. The largest absolute Gasteiger partial charge is 0.451 e. The molecule has 2 N–H and O–H groups in total. The Balaban J connectivity index is 1.55. The van der Waals surface area contributed by atoms with Gasteiger partial charge in [-0.25, -0.2) is 4.79 Å². The summed E-state index contributed by atoms with van der Waals surface area (Å²) in [5.41, 5.74) is -0.306. The minimum absolute atomic E-state index is 0.179. The van der Waals surface area contributed by atoms with Gasteiger partial charge in [0.2, 0.25) is 0 Å². The smallest absolute Gasteiger partial charge is 0.327 e. The van der Waals surface area contributed by atoms with E-state index < -0.39 is 42.0 Å². The Bertz CT molecular complexity index is 940. The molecule has 0 bridgehead atoms. The van der Waals surface area contributed by atoms with Crippen molar-refractivity contribution < 1.29 is 23.9 Å². The average molecular weight is 478 g/mol. The van der Waals surface area contributed by atoms with Crippen molar-refractivity contribution >= 4 is 41.1 Å². The van der Waals surface area contributed by atoms with Crippen LogP contribution in [0.25, 0.3) is 0 Å². The molecule has 180 valence electrons. The van der Waals surface area contributed by atoms with E-state index in [4.69, 9.17) is 16.3 Å². The lowest BCUT2D eigenvalue weighted by Crippen LogP contribution is -2.51. The first kappa shape index (κ1) is 25.0. The summed E-state index contributed by atoms with van der Waals surface area (Å²) < 4.78 is 5.17. The highest BCUT2D eigenvalue weighted by atomic mass is 35.5. The first-order valence-electron chi connectivity index (χ1n) is 11.4. The highest BCUT2D eigenvalue weighted by molar-refractivity contribution is 6.30. The van der Waals surface area contributed by atoms with E-state index in [9.17, 15) is 19.2 Å². The number of halogens is 1. The summed E-state index contributed by atoms with van der Waals surface area (Å²) in [4.78, 5) is 51.2. The highest BCUT2D eigenvalue weighted by Gasteiger charge is 2.54. The molecule has 1 aromatic carbocycles. The van der Waals surface area contributed by atoms with Gasteiger partial charge in [0, 0.05) is 10.7 Å². The number of hydrogen-bond donors (Lipinski definition) is 2. The number of rotatable bonds is 7. The van der Waals surface area contributed by atoms with E-state index in [1.807, 2.05) is 0 Å². The van der Waals surface area contributed by atoms with Crippen molar-refractivity contribution in [3.8, 4) is 0 Å². The molecule has 1 saturated carbocycles. The van der Waals surface area contributed by atoms with Gasteiger partial charge in [0.25, 0.3) is 11.8 Å². The molecular weight excluding hydrogens is 446 g/mol. The predicted octanol–water partition coefficient (Wildman–Crippen LogP) is 4.13. The van der Waals surface area contributed by atoms with Crippen molar-refractivity contribution in [2.24, 2.45) is 11.3 Å². The maximum Gasteiger partial charge on any atom is 0.327 e. The fraction of sp³-hybridized carbons (Fsp3) is 0.583. The zero-order chi connectivity index (χ0) is 24.4. The van der Waals surface area contributed by atoms with Crippen LogP contribution in [0.5, 0.6) is 0 Å². The van der Waals surface area contributed by atoms with Gasteiger partial charge in [0.05, 0.1) is 0 Å². The number of ether oxygens (including phenoxy) is 1. The van der Waals surface area contributed by atoms with Gasteiger partial charge in [-0.15, -0.1) is 0 Å². The summed E-state index contributed by atoms with van der Waals surface area (Å²) in [6, 6.07) is 5.97. The molecule has 33 heavy (non-hydrogen) atoms. The summed E-state index contributed by atoms with van der Waals surface area (Å²) in [6.07, 6.45) is 2.72. The highest BCUT2D eigenvalue weighted by Crippen LogP contribution is 2.45. The number of nitrogens with zero attached hydrogens (tertiary/aromatic N) is 1. The first-order valence-corrected chi connectivity index (χ1v) is 11.8. The Labute approximate surface area is 199 Å². The molecule has 1 unspecified atom stereocenters. The normalized spacial score (nSPS) is 23.9. The number of imide groups is 1. The number of benzene rings is 1. The van der Waals surface area contributed by atoms with Gasteiger partial charge in [-0.3, -0.25) is 19.3 Å². The molecule has 0 radical (unpaired) electrons. The number of esters is 1. The van der Waals surface area contributed by atoms with Crippen LogP contribution < -0.4 is 10.6 Å². The third-order valence-corrected chi connectivity index (χ3v) is 7.39. The van der Waals surface area contributed by atoms with Gasteiger partial charge in [0.1, 0.15) is 12.1 Å². The summed E-state index contributed by atoms with van der Waals surface area (Å²) in [5, 5.41) is 5.88. The second kappa shape index (κ2) is 9.71. The van der Waals surface area contributed by atoms with Crippen LogP contribution in [0.2, 0.25) is 5.02 Å². The second-order valence-electron chi connectivity index (χ2n) is 9.65. The van der Waals surface area contributed by atoms with E-state index in [1.54, 1.807) is 24.3 Å². The third kappa shape index (κ3) is 5.49. The second-order valence-corrected chi connectivity index (χ2v) is 10.1. The van der Waals surface area contributed by atoms with E-state index >= 15 is 0 Å². The Morgan fingerprint density at radius 2 is 1.97 bits per heavy atom. The Morgan fingerprint density at radius 3 is 2.58 bits per heavy atom. The van der Waals surface area contributed by atoms with Crippen molar-refractivity contribution in [1.29, 1.82) is 0 Å². The fourth-order valence-electron chi connectivity index (χ4n) is 4.57. The molecule has 3 rings (SSSR count). The number of hydrogen-bond acceptors (Lipinski definition) is 5. The van der Waals surface area contributed by atoms with E-state index in [-0.39, 0.29) is 5.41 Å². The van der Waals surface area contributed by atoms with Crippen molar-refractivity contribution in [3.63, 3.8) is 0 Å². The van der Waals surface area contributed by atoms with Gasteiger partial charge in [-0.2, -0.15) is 0 Å². The zero-order valence-electron chi connectivity index (χ0n) is 19.6. The summed E-state index contributed by atoms with van der Waals surface area (Å²) >= 11 is 5.90. The average Bonchev–Trinajstić information content (AvgIpc) is 2.98. The molecule has 1 aliphatic carbocycles. The minimum atomic E-state index is -1.11. The van der Waals surface area contributed by atoms with Crippen molar-refractivity contribution in [2.45, 2.75) is 71.4 Å². The molecule has 1 spiro atoms. The van der Waals surface area contributed by atoms with E-state index in [0.29, 0.717) is 29.5 Å². The van der Waals surface area contributed by atoms with E-state index in [1.165, 1.54) is 6.92 Å². The van der Waals surface area contributed by atoms with Crippen LogP contribution >= 0.6 is 11.6 Å². The van der Waals surface area contributed by atoms with Gasteiger partial charge in [0.15, 0.2) is 6.10 Å². The van der Waals surface area contributed by atoms with Gasteiger partial charge < -0.3 is 15.4 Å². The molecule has 1 heterocycles. The maximum atomic E-state index is 13.1. The molecule has 2 aliphatic rings. The lowest BCUT2D eigenvalue weighted by atomic mass is 9.65. The lowest BCUT2D eigenvalue weighted by Gasteiger charge is -2.42. The van der Waals surface area contributed by atoms with Gasteiger partial charge in [-0.05, 0) is 62.1 Å². The Kier molecular flexibility index (Phi) is 7.36. The summed E-state index contributed by atoms with van der Waals surface area (Å²) in [6.45, 7) is 7.51. The van der Waals surface area contributed by atoms with Crippen LogP contribution in [0.4, 0.5) is 10.5 Å². The van der Waals surface area contributed by atoms with Crippen LogP contribution in [0, 0.1) is 11.3 Å². The van der Waals surface area contributed by atoms with Crippen molar-refractivity contribution in [2.75, 3.05) is 11.9 Å². The van der Waals surface area contributed by atoms with Gasteiger partial charge >= 0.3 is 12.0 Å². The van der Waals surface area contributed by atoms with Crippen molar-refractivity contribution in [1.82, 2.24) is 10.2 Å². The topological polar surface area (TPSA) is 105 Å². The molecule has 2 fully saturated rings. The van der Waals surface area contributed by atoms with Crippen LogP contribution in [-0.2, 0) is 19.1 Å². The quantitative estimate of drug-likeness (QED) is 0.454. The minimum Gasteiger partial charge on any atom is -0.451 e. The van der Waals surface area contributed by atoms with Crippen molar-refractivity contribution in [3.05, 3.63) is 29.3 Å². The maximum absolute atomic E-state index is 13.1. The molecule has 0 aromatic heterocycles. The summed E-state index contributed by atoms with van der Waals surface area (Å²) in [5.74, 6) is -1.29. The monoisotopic (exact) mass is 477 g/mol. The molecule has 9 heteroatoms. The summed E-state index contributed by atoms with van der Waals surface area (Å²) in [7, 11) is 0. The number of carbonyl (C=O) groups is 4. The number of nitrogens with one attached hydrogen (secondary N) is 2. The van der Waals surface area contributed by atoms with Crippen LogP contribution in [0.1, 0.15) is 59.8 Å². The number of carbonyl (C=O) groups excluding carboxylic acids is 4. The molecular formula is C24H32ClN3O5. The number of anilines is 1. The molecule has 1 saturated heterocycles. The molecule has 4 amide bonds. The Morgan fingerprint density at radius 1 is 1.30 bits per heavy atom. The van der Waals surface area contributed by atoms with Crippen LogP contribution in [-0.4, -0.2) is 46.9 Å². The van der Waals surface area contributed by atoms with Crippen LogP contribution in [0.15, 0.2) is 24.3 Å². The molecule has 1 aromatic rings. The number of urea groups is 1. The molecule has 1 aliphatic heterocycles. The van der Waals surface area contributed by atoms with Crippen LogP contribution in [0.3, 0.4) is 0 Å². The Hall–Kier alpha value is -2.61. The number of amides is 4. The molecule has 8 nitrogen and oxygen atoms in total. The molecule has 1 atom stereocenters. The third-order valence-electron chi connectivity index (χ3n) is 7.16. The standard InChI is InChI=1S/C24H32ClN3O5/c1-5-23(3,4)16-9-11-24(12-10-16)21(31)28(22(32)27-24)14-19(29)33-15(2)20(30)26-18-8-6-7-17(25)13-18/h6-8,13,15-16H,5,9-12,14H2,1-4H3,(H,26,30)(H,27,32). The lowest BCUT2D eigenvalue weighted by molar-refractivity contribution is -0.155. The predicted molar refractivity (Wildman–Crippen MR) is 125 cm³/mol. The zero-order valence-corrected chi connectivity index (χ0v) is 20.3. The van der Waals surface area contributed by atoms with E-state index in [0.717, 1.165) is 24.2 Å². The fourth-order valence-corrected chi connectivity index (χ4v) is 4.76.